The Balaban J connectivity index is 1.62. The Labute approximate surface area is 182 Å². The molecule has 0 saturated carbocycles. The van der Waals surface area contributed by atoms with Crippen molar-refractivity contribution >= 4 is 29.5 Å². The lowest BCUT2D eigenvalue weighted by Gasteiger charge is -2.26. The lowest BCUT2D eigenvalue weighted by atomic mass is 10.1. The highest BCUT2D eigenvalue weighted by molar-refractivity contribution is 7.99. The molecule has 0 atom stereocenters. The first kappa shape index (κ1) is 20.1. The predicted molar refractivity (Wildman–Crippen MR) is 112 cm³/mol. The number of aromatic nitrogens is 5. The smallest absolute Gasteiger partial charge is 0.230 e. The molecule has 0 bridgehead atoms. The molecule has 0 aliphatic carbocycles. The molecule has 1 aliphatic rings. The second-order valence-corrected chi connectivity index (χ2v) is 8.42. The van der Waals surface area contributed by atoms with Crippen molar-refractivity contribution < 1.29 is 0 Å². The van der Waals surface area contributed by atoms with Crippen molar-refractivity contribution in [3.05, 3.63) is 47.8 Å². The zero-order valence-corrected chi connectivity index (χ0v) is 17.5. The Bertz CT molecular complexity index is 1020. The maximum atomic E-state index is 8.95. The summed E-state index contributed by atoms with van der Waals surface area (Å²) in [6, 6.07) is 11.1. The van der Waals surface area contributed by atoms with Crippen LogP contribution in [0.25, 0.3) is 0 Å². The van der Waals surface area contributed by atoms with Crippen LogP contribution in [0.15, 0.2) is 57.0 Å². The fraction of sp³-hybridized carbons (Fsp3) is 0.250. The van der Waals surface area contributed by atoms with E-state index in [0.29, 0.717) is 37.4 Å². The van der Waals surface area contributed by atoms with Gasteiger partial charge in [0.05, 0.1) is 11.1 Å². The number of piperidine rings is 1. The van der Waals surface area contributed by atoms with E-state index in [0.717, 1.165) is 25.9 Å². The first-order chi connectivity index (χ1) is 14.7. The highest BCUT2D eigenvalue weighted by Gasteiger charge is 2.18. The Kier molecular flexibility index (Phi) is 6.38. The van der Waals surface area contributed by atoms with Crippen LogP contribution in [0, 0.1) is 22.7 Å². The third kappa shape index (κ3) is 5.03. The third-order valence-electron chi connectivity index (χ3n) is 4.34. The minimum atomic E-state index is 0.507. The zero-order chi connectivity index (χ0) is 20.8. The maximum absolute atomic E-state index is 8.95. The molecule has 0 amide bonds. The van der Waals surface area contributed by atoms with Crippen molar-refractivity contribution in [2.24, 2.45) is 0 Å². The summed E-state index contributed by atoms with van der Waals surface area (Å²) in [5.41, 5.74) is 1.01. The lowest BCUT2D eigenvalue weighted by molar-refractivity contribution is 0.560. The number of hydrogen-bond acceptors (Lipinski definition) is 10. The summed E-state index contributed by atoms with van der Waals surface area (Å²) in [5, 5.41) is 20.4. The summed E-state index contributed by atoms with van der Waals surface area (Å²) in [4.78, 5) is 24.6. The molecule has 0 N–H and O–H groups in total. The van der Waals surface area contributed by atoms with E-state index in [1.54, 1.807) is 24.3 Å². The number of pyridine rings is 2. The monoisotopic (exact) mass is 432 g/mol. The van der Waals surface area contributed by atoms with Crippen molar-refractivity contribution in [1.82, 2.24) is 24.9 Å². The number of hydrogen-bond donors (Lipinski definition) is 0. The van der Waals surface area contributed by atoms with Crippen LogP contribution in [0.2, 0.25) is 0 Å². The average molecular weight is 433 g/mol. The van der Waals surface area contributed by atoms with Crippen molar-refractivity contribution in [1.29, 1.82) is 10.5 Å². The van der Waals surface area contributed by atoms with Crippen molar-refractivity contribution in [3.8, 4) is 12.1 Å². The summed E-state index contributed by atoms with van der Waals surface area (Å²) in [6.45, 7) is 1.84. The standard InChI is InChI=1S/C20H16N8S2/c21-10-14-4-6-16(23-12-14)29-19-25-18(28-8-2-1-3-9-28)26-20(27-19)30-17-7-5-15(11-22)13-24-17/h4-7,12-13H,1-3,8-9H2. The molecule has 1 aliphatic heterocycles. The zero-order valence-electron chi connectivity index (χ0n) is 15.9. The molecule has 8 nitrogen and oxygen atoms in total. The molecular weight excluding hydrogens is 416 g/mol. The van der Waals surface area contributed by atoms with Gasteiger partial charge < -0.3 is 4.90 Å². The van der Waals surface area contributed by atoms with Gasteiger partial charge in [-0.2, -0.15) is 25.5 Å². The fourth-order valence-electron chi connectivity index (χ4n) is 2.86. The van der Waals surface area contributed by atoms with Gasteiger partial charge >= 0.3 is 0 Å². The third-order valence-corrected chi connectivity index (χ3v) is 5.98. The lowest BCUT2D eigenvalue weighted by Crippen LogP contribution is -2.31. The maximum Gasteiger partial charge on any atom is 0.230 e. The minimum absolute atomic E-state index is 0.507. The van der Waals surface area contributed by atoms with Crippen LogP contribution >= 0.6 is 23.5 Å². The van der Waals surface area contributed by atoms with E-state index in [2.05, 4.69) is 42.0 Å². The van der Waals surface area contributed by atoms with Gasteiger partial charge in [-0.15, -0.1) is 0 Å². The molecule has 4 heterocycles. The van der Waals surface area contributed by atoms with E-state index >= 15 is 0 Å². The Morgan fingerprint density at radius 1 is 0.733 bits per heavy atom. The molecule has 10 heteroatoms. The van der Waals surface area contributed by atoms with Gasteiger partial charge in [0.25, 0.3) is 0 Å². The van der Waals surface area contributed by atoms with E-state index in [9.17, 15) is 0 Å². The summed E-state index contributed by atoms with van der Waals surface area (Å²) >= 11 is 2.66. The van der Waals surface area contributed by atoms with Gasteiger partial charge in [-0.25, -0.2) is 9.97 Å². The van der Waals surface area contributed by atoms with Crippen LogP contribution in [-0.2, 0) is 0 Å². The van der Waals surface area contributed by atoms with Crippen molar-refractivity contribution in [3.63, 3.8) is 0 Å². The van der Waals surface area contributed by atoms with E-state index in [-0.39, 0.29) is 0 Å². The number of nitrogens with zero attached hydrogens (tertiary/aromatic N) is 8. The van der Waals surface area contributed by atoms with Gasteiger partial charge in [-0.05, 0) is 67.1 Å². The van der Waals surface area contributed by atoms with Crippen molar-refractivity contribution in [2.75, 3.05) is 18.0 Å². The van der Waals surface area contributed by atoms with E-state index in [1.165, 1.54) is 42.3 Å². The molecule has 1 fully saturated rings. The molecular formula is C20H16N8S2. The molecule has 0 aromatic carbocycles. The van der Waals surface area contributed by atoms with E-state index < -0.39 is 0 Å². The highest BCUT2D eigenvalue weighted by Crippen LogP contribution is 2.30. The van der Waals surface area contributed by atoms with E-state index in [4.69, 9.17) is 10.5 Å². The van der Waals surface area contributed by atoms with Gasteiger partial charge in [0, 0.05) is 25.5 Å². The Hall–Kier alpha value is -3.21. The Morgan fingerprint density at radius 2 is 1.27 bits per heavy atom. The molecule has 1 saturated heterocycles. The summed E-state index contributed by atoms with van der Waals surface area (Å²) < 4.78 is 0. The van der Waals surface area contributed by atoms with Crippen molar-refractivity contribution in [2.45, 2.75) is 39.6 Å². The molecule has 148 valence electrons. The molecule has 3 aromatic rings. The molecule has 0 radical (unpaired) electrons. The van der Waals surface area contributed by atoms with Crippen LogP contribution in [0.5, 0.6) is 0 Å². The second kappa shape index (κ2) is 9.53. The van der Waals surface area contributed by atoms with Crippen LogP contribution in [-0.4, -0.2) is 38.0 Å². The largest absolute Gasteiger partial charge is 0.341 e. The topological polar surface area (TPSA) is 115 Å². The molecule has 0 unspecified atom stereocenters. The highest BCUT2D eigenvalue weighted by atomic mass is 32.2. The number of rotatable bonds is 5. The van der Waals surface area contributed by atoms with Crippen LogP contribution in [0.3, 0.4) is 0 Å². The minimum Gasteiger partial charge on any atom is -0.341 e. The second-order valence-electron chi connectivity index (χ2n) is 6.45. The summed E-state index contributed by atoms with van der Waals surface area (Å²) in [7, 11) is 0. The molecule has 30 heavy (non-hydrogen) atoms. The predicted octanol–water partition coefficient (Wildman–Crippen LogP) is 3.70. The fourth-order valence-corrected chi connectivity index (χ4v) is 4.29. The van der Waals surface area contributed by atoms with Gasteiger partial charge in [0.15, 0.2) is 10.3 Å². The molecule has 0 spiro atoms. The first-order valence-corrected chi connectivity index (χ1v) is 11.0. The van der Waals surface area contributed by atoms with Gasteiger partial charge in [0.1, 0.15) is 22.2 Å². The summed E-state index contributed by atoms with van der Waals surface area (Å²) in [6.07, 6.45) is 6.52. The van der Waals surface area contributed by atoms with Crippen LogP contribution in [0.1, 0.15) is 30.4 Å². The van der Waals surface area contributed by atoms with Crippen LogP contribution in [0.4, 0.5) is 5.95 Å². The van der Waals surface area contributed by atoms with Gasteiger partial charge in [-0.1, -0.05) is 0 Å². The molecule has 4 rings (SSSR count). The quantitative estimate of drug-likeness (QED) is 0.591. The van der Waals surface area contributed by atoms with Gasteiger partial charge in [0.2, 0.25) is 5.95 Å². The number of nitriles is 2. The summed E-state index contributed by atoms with van der Waals surface area (Å²) in [5.74, 6) is 0.650. The normalized spacial score (nSPS) is 13.5. The Morgan fingerprint density at radius 3 is 1.70 bits per heavy atom. The van der Waals surface area contributed by atoms with Crippen LogP contribution < -0.4 is 4.90 Å². The van der Waals surface area contributed by atoms with Gasteiger partial charge in [-0.3, -0.25) is 0 Å². The molecule has 3 aromatic heterocycles. The SMILES string of the molecule is N#Cc1ccc(Sc2nc(Sc3ccc(C#N)cn3)nc(N3CCCCC3)n2)nc1. The van der Waals surface area contributed by atoms with E-state index in [1.807, 2.05) is 0 Å². The average Bonchev–Trinajstić information content (AvgIpc) is 2.80. The first-order valence-electron chi connectivity index (χ1n) is 9.32. The number of anilines is 1.